The maximum atomic E-state index is 12.3. The predicted octanol–water partition coefficient (Wildman–Crippen LogP) is 3.13. The molecule has 0 aliphatic heterocycles. The number of para-hydroxylation sites is 1. The second kappa shape index (κ2) is 6.89. The second-order valence-corrected chi connectivity index (χ2v) is 6.49. The maximum absolute atomic E-state index is 12.3. The number of aromatic nitrogens is 1. The van der Waals surface area contributed by atoms with Crippen LogP contribution in [0.1, 0.15) is 21.5 Å². The van der Waals surface area contributed by atoms with Crippen LogP contribution in [-0.4, -0.2) is 16.4 Å². The molecule has 0 fully saturated rings. The number of benzene rings is 3. The highest BCUT2D eigenvalue weighted by Crippen LogP contribution is 2.30. The molecule has 136 valence electrons. The lowest BCUT2D eigenvalue weighted by atomic mass is 10.1. The van der Waals surface area contributed by atoms with Crippen molar-refractivity contribution in [3.8, 4) is 6.07 Å². The SMILES string of the molecule is N#Cc1cccc(Cn2c3ccccc3c3ccc(C(=O)N=C(N)N)cc32)c1. The number of hydrogen-bond acceptors (Lipinski definition) is 2. The molecule has 0 atom stereocenters. The molecule has 0 radical (unpaired) electrons. The third-order valence-corrected chi connectivity index (χ3v) is 4.65. The summed E-state index contributed by atoms with van der Waals surface area (Å²) in [5.41, 5.74) is 14.7. The standard InChI is InChI=1S/C22H17N5O/c23-12-14-4-3-5-15(10-14)13-27-19-7-2-1-6-17(19)18-9-8-16(11-20(18)27)21(28)26-22(24)25/h1-11H,13H2,(H4,24,25,26,28). The summed E-state index contributed by atoms with van der Waals surface area (Å²) in [7, 11) is 0. The van der Waals surface area contributed by atoms with Gasteiger partial charge in [-0.1, -0.05) is 36.4 Å². The lowest BCUT2D eigenvalue weighted by Gasteiger charge is -2.09. The van der Waals surface area contributed by atoms with Gasteiger partial charge in [0.05, 0.1) is 17.1 Å². The monoisotopic (exact) mass is 367 g/mol. The zero-order valence-electron chi connectivity index (χ0n) is 15.0. The first-order valence-corrected chi connectivity index (χ1v) is 8.71. The number of aliphatic imine (C=N–C) groups is 1. The summed E-state index contributed by atoms with van der Waals surface area (Å²) in [5, 5.41) is 11.3. The fourth-order valence-corrected chi connectivity index (χ4v) is 3.46. The molecule has 4 rings (SSSR count). The van der Waals surface area contributed by atoms with Crippen molar-refractivity contribution in [1.29, 1.82) is 5.26 Å². The summed E-state index contributed by atoms with van der Waals surface area (Å²) >= 11 is 0. The van der Waals surface area contributed by atoms with Gasteiger partial charge in [-0.2, -0.15) is 10.3 Å². The molecule has 4 aromatic rings. The van der Waals surface area contributed by atoms with Crippen LogP contribution in [0.3, 0.4) is 0 Å². The van der Waals surface area contributed by atoms with Crippen LogP contribution in [0.5, 0.6) is 0 Å². The van der Waals surface area contributed by atoms with Gasteiger partial charge in [-0.15, -0.1) is 0 Å². The molecule has 6 nitrogen and oxygen atoms in total. The molecule has 6 heteroatoms. The lowest BCUT2D eigenvalue weighted by molar-refractivity contribution is 0.100. The summed E-state index contributed by atoms with van der Waals surface area (Å²) in [4.78, 5) is 15.9. The molecule has 1 aromatic heterocycles. The second-order valence-electron chi connectivity index (χ2n) is 6.49. The molecule has 28 heavy (non-hydrogen) atoms. The van der Waals surface area contributed by atoms with E-state index in [-0.39, 0.29) is 5.96 Å². The van der Waals surface area contributed by atoms with E-state index in [0.29, 0.717) is 17.7 Å². The van der Waals surface area contributed by atoms with Gasteiger partial charge in [0.15, 0.2) is 5.96 Å². The number of amides is 1. The molecular weight excluding hydrogens is 350 g/mol. The highest BCUT2D eigenvalue weighted by atomic mass is 16.1. The molecule has 3 aromatic carbocycles. The number of hydrogen-bond donors (Lipinski definition) is 2. The normalized spacial score (nSPS) is 10.7. The zero-order chi connectivity index (χ0) is 19.7. The molecule has 0 saturated carbocycles. The average Bonchev–Trinajstić information content (AvgIpc) is 3.01. The first-order valence-electron chi connectivity index (χ1n) is 8.71. The molecular formula is C22H17N5O. The number of fused-ring (bicyclic) bond motifs is 3. The minimum absolute atomic E-state index is 0.265. The van der Waals surface area contributed by atoms with Crippen molar-refractivity contribution in [2.75, 3.05) is 0 Å². The van der Waals surface area contributed by atoms with E-state index >= 15 is 0 Å². The Balaban J connectivity index is 1.92. The van der Waals surface area contributed by atoms with Gasteiger partial charge in [-0.3, -0.25) is 4.79 Å². The fraction of sp³-hybridized carbons (Fsp3) is 0.0455. The largest absolute Gasteiger partial charge is 0.370 e. The maximum Gasteiger partial charge on any atom is 0.280 e. The molecule has 0 unspecified atom stereocenters. The topological polar surface area (TPSA) is 110 Å². The van der Waals surface area contributed by atoms with E-state index in [1.54, 1.807) is 18.2 Å². The van der Waals surface area contributed by atoms with Crippen LogP contribution in [0.4, 0.5) is 0 Å². The van der Waals surface area contributed by atoms with E-state index in [2.05, 4.69) is 21.7 Å². The summed E-state index contributed by atoms with van der Waals surface area (Å²) in [5.74, 6) is -0.746. The Bertz CT molecular complexity index is 1290. The molecule has 0 saturated heterocycles. The van der Waals surface area contributed by atoms with Crippen LogP contribution in [-0.2, 0) is 6.54 Å². The van der Waals surface area contributed by atoms with E-state index in [4.69, 9.17) is 11.5 Å². The van der Waals surface area contributed by atoms with Crippen molar-refractivity contribution in [3.05, 3.63) is 83.4 Å². The first kappa shape index (κ1) is 17.3. The Labute approximate surface area is 161 Å². The number of guanidine groups is 1. The Morgan fingerprint density at radius 1 is 0.964 bits per heavy atom. The predicted molar refractivity (Wildman–Crippen MR) is 110 cm³/mol. The quantitative estimate of drug-likeness (QED) is 0.428. The van der Waals surface area contributed by atoms with Gasteiger partial charge in [0.25, 0.3) is 5.91 Å². The van der Waals surface area contributed by atoms with Crippen LogP contribution in [0.25, 0.3) is 21.8 Å². The third-order valence-electron chi connectivity index (χ3n) is 4.65. The van der Waals surface area contributed by atoms with Crippen molar-refractivity contribution < 1.29 is 4.79 Å². The number of nitriles is 1. The Hall–Kier alpha value is -4.11. The average molecular weight is 367 g/mol. The minimum atomic E-state index is -0.481. The summed E-state index contributed by atoms with van der Waals surface area (Å²) < 4.78 is 2.13. The van der Waals surface area contributed by atoms with Gasteiger partial charge in [0.1, 0.15) is 0 Å². The van der Waals surface area contributed by atoms with Crippen LogP contribution < -0.4 is 11.5 Å². The van der Waals surface area contributed by atoms with E-state index < -0.39 is 5.91 Å². The molecule has 0 aliphatic rings. The highest BCUT2D eigenvalue weighted by molar-refractivity contribution is 6.11. The Morgan fingerprint density at radius 3 is 2.54 bits per heavy atom. The van der Waals surface area contributed by atoms with Crippen molar-refractivity contribution in [1.82, 2.24) is 4.57 Å². The number of nitrogens with zero attached hydrogens (tertiary/aromatic N) is 3. The van der Waals surface area contributed by atoms with Crippen LogP contribution >= 0.6 is 0 Å². The van der Waals surface area contributed by atoms with Gasteiger partial charge >= 0.3 is 0 Å². The number of carbonyl (C=O) groups is 1. The van der Waals surface area contributed by atoms with Crippen molar-refractivity contribution in [3.63, 3.8) is 0 Å². The van der Waals surface area contributed by atoms with Crippen LogP contribution in [0.15, 0.2) is 71.7 Å². The lowest BCUT2D eigenvalue weighted by Crippen LogP contribution is -2.24. The molecule has 1 amide bonds. The number of rotatable bonds is 3. The molecule has 1 heterocycles. The van der Waals surface area contributed by atoms with Crippen LogP contribution in [0, 0.1) is 11.3 Å². The number of nitrogens with two attached hydrogens (primary N) is 2. The summed E-state index contributed by atoms with van der Waals surface area (Å²) in [6.07, 6.45) is 0. The fourth-order valence-electron chi connectivity index (χ4n) is 3.46. The first-order chi connectivity index (χ1) is 13.6. The van der Waals surface area contributed by atoms with E-state index in [1.165, 1.54) is 0 Å². The van der Waals surface area contributed by atoms with Crippen molar-refractivity contribution in [2.24, 2.45) is 16.5 Å². The van der Waals surface area contributed by atoms with E-state index in [9.17, 15) is 10.1 Å². The van der Waals surface area contributed by atoms with Gasteiger partial charge in [-0.05, 0) is 35.9 Å². The number of carbonyl (C=O) groups excluding carboxylic acids is 1. The zero-order valence-corrected chi connectivity index (χ0v) is 15.0. The van der Waals surface area contributed by atoms with E-state index in [0.717, 1.165) is 27.4 Å². The molecule has 4 N–H and O–H groups in total. The minimum Gasteiger partial charge on any atom is -0.370 e. The highest BCUT2D eigenvalue weighted by Gasteiger charge is 2.14. The van der Waals surface area contributed by atoms with Crippen molar-refractivity contribution in [2.45, 2.75) is 6.54 Å². The Morgan fingerprint density at radius 2 is 1.75 bits per heavy atom. The van der Waals surface area contributed by atoms with Crippen molar-refractivity contribution >= 4 is 33.7 Å². The van der Waals surface area contributed by atoms with Gasteiger partial charge in [0, 0.05) is 28.4 Å². The van der Waals surface area contributed by atoms with Gasteiger partial charge in [0.2, 0.25) is 0 Å². The Kier molecular flexibility index (Phi) is 4.26. The van der Waals surface area contributed by atoms with E-state index in [1.807, 2.05) is 42.5 Å². The smallest absolute Gasteiger partial charge is 0.280 e. The van der Waals surface area contributed by atoms with Gasteiger partial charge in [-0.25, -0.2) is 0 Å². The van der Waals surface area contributed by atoms with Crippen LogP contribution in [0.2, 0.25) is 0 Å². The summed E-state index contributed by atoms with van der Waals surface area (Å²) in [6.45, 7) is 0.569. The third kappa shape index (κ3) is 3.06. The van der Waals surface area contributed by atoms with Gasteiger partial charge < -0.3 is 16.0 Å². The molecule has 0 bridgehead atoms. The summed E-state index contributed by atoms with van der Waals surface area (Å²) in [6, 6.07) is 23.2. The molecule has 0 aliphatic carbocycles. The molecule has 0 spiro atoms.